The number of hydrogen-bond acceptors (Lipinski definition) is 5. The lowest BCUT2D eigenvalue weighted by molar-refractivity contribution is -0.137. The fraction of sp³-hybridized carbons (Fsp3) is 0.333. The van der Waals surface area contributed by atoms with E-state index in [1.165, 1.54) is 12.4 Å². The highest BCUT2D eigenvalue weighted by Crippen LogP contribution is 2.34. The molecule has 0 aliphatic heterocycles. The standard InChI is InChI=1S/C15H17ClF3N5/c1-24(2)6-5-20-13-8-14(22-9-21-13)23-12-7-10(15(17,18)19)3-4-11(12)16/h3-4,7-9H,5-6H2,1-2H3,(H2,20,21,22,23). The van der Waals surface area contributed by atoms with Crippen molar-refractivity contribution in [2.24, 2.45) is 0 Å². The first-order chi connectivity index (χ1) is 11.3. The van der Waals surface area contributed by atoms with Crippen LogP contribution in [0.2, 0.25) is 5.02 Å². The lowest BCUT2D eigenvalue weighted by atomic mass is 10.2. The van der Waals surface area contributed by atoms with E-state index in [0.29, 0.717) is 18.2 Å². The first kappa shape index (κ1) is 18.3. The number of aromatic nitrogens is 2. The van der Waals surface area contributed by atoms with E-state index < -0.39 is 11.7 Å². The molecule has 24 heavy (non-hydrogen) atoms. The predicted molar refractivity (Wildman–Crippen MR) is 88.8 cm³/mol. The van der Waals surface area contributed by atoms with Crippen molar-refractivity contribution in [2.45, 2.75) is 6.18 Å². The normalized spacial score (nSPS) is 11.6. The van der Waals surface area contributed by atoms with Crippen LogP contribution in [0, 0.1) is 0 Å². The number of hydrogen-bond donors (Lipinski definition) is 2. The minimum atomic E-state index is -4.44. The summed E-state index contributed by atoms with van der Waals surface area (Å²) in [7, 11) is 3.90. The summed E-state index contributed by atoms with van der Waals surface area (Å²) in [6, 6.07) is 4.68. The first-order valence-corrected chi connectivity index (χ1v) is 7.48. The molecule has 1 aromatic carbocycles. The summed E-state index contributed by atoms with van der Waals surface area (Å²) in [5.74, 6) is 0.913. The molecule has 1 aromatic heterocycles. The molecule has 2 aromatic rings. The van der Waals surface area contributed by atoms with E-state index in [2.05, 4.69) is 20.6 Å². The third kappa shape index (κ3) is 5.24. The first-order valence-electron chi connectivity index (χ1n) is 7.10. The van der Waals surface area contributed by atoms with Gasteiger partial charge in [0.15, 0.2) is 0 Å². The van der Waals surface area contributed by atoms with E-state index in [4.69, 9.17) is 11.6 Å². The lowest BCUT2D eigenvalue weighted by Gasteiger charge is -2.13. The highest BCUT2D eigenvalue weighted by molar-refractivity contribution is 6.33. The van der Waals surface area contributed by atoms with Crippen molar-refractivity contribution in [3.05, 3.63) is 41.2 Å². The molecular formula is C15H17ClF3N5. The third-order valence-corrected chi connectivity index (χ3v) is 3.42. The summed E-state index contributed by atoms with van der Waals surface area (Å²) in [4.78, 5) is 10.1. The Balaban J connectivity index is 2.13. The molecule has 0 radical (unpaired) electrons. The SMILES string of the molecule is CN(C)CCNc1cc(Nc2cc(C(F)(F)F)ccc2Cl)ncn1. The molecule has 0 aliphatic carbocycles. The average Bonchev–Trinajstić information content (AvgIpc) is 2.48. The minimum Gasteiger partial charge on any atom is -0.369 e. The van der Waals surface area contributed by atoms with Crippen molar-refractivity contribution in [2.75, 3.05) is 37.8 Å². The summed E-state index contributed by atoms with van der Waals surface area (Å²) in [6.07, 6.45) is -3.12. The monoisotopic (exact) mass is 359 g/mol. The highest BCUT2D eigenvalue weighted by atomic mass is 35.5. The second-order valence-corrected chi connectivity index (χ2v) is 5.74. The van der Waals surface area contributed by atoms with Gasteiger partial charge in [0.25, 0.3) is 0 Å². The van der Waals surface area contributed by atoms with Crippen LogP contribution in [0.25, 0.3) is 0 Å². The molecule has 0 saturated carbocycles. The molecule has 2 N–H and O–H groups in total. The molecule has 0 fully saturated rings. The summed E-state index contributed by atoms with van der Waals surface area (Å²) in [5, 5.41) is 6.07. The van der Waals surface area contributed by atoms with Gasteiger partial charge >= 0.3 is 6.18 Å². The molecule has 0 saturated heterocycles. The third-order valence-electron chi connectivity index (χ3n) is 3.09. The number of benzene rings is 1. The van der Waals surface area contributed by atoms with Crippen LogP contribution < -0.4 is 10.6 Å². The number of anilines is 3. The summed E-state index contributed by atoms with van der Waals surface area (Å²) >= 11 is 5.96. The van der Waals surface area contributed by atoms with Crippen molar-refractivity contribution in [3.63, 3.8) is 0 Å². The number of halogens is 4. The summed E-state index contributed by atoms with van der Waals surface area (Å²) in [6.45, 7) is 1.49. The van der Waals surface area contributed by atoms with Crippen molar-refractivity contribution in [3.8, 4) is 0 Å². The molecule has 0 amide bonds. The van der Waals surface area contributed by atoms with Gasteiger partial charge in [-0.25, -0.2) is 9.97 Å². The number of alkyl halides is 3. The van der Waals surface area contributed by atoms with Crippen LogP contribution >= 0.6 is 11.6 Å². The van der Waals surface area contributed by atoms with Crippen LogP contribution in [0.15, 0.2) is 30.6 Å². The zero-order chi connectivity index (χ0) is 17.7. The molecule has 0 atom stereocenters. The maximum atomic E-state index is 12.8. The molecule has 0 spiro atoms. The molecule has 0 unspecified atom stereocenters. The molecule has 130 valence electrons. The number of rotatable bonds is 6. The van der Waals surface area contributed by atoms with Gasteiger partial charge in [0, 0.05) is 19.2 Å². The smallest absolute Gasteiger partial charge is 0.369 e. The van der Waals surface area contributed by atoms with Crippen molar-refractivity contribution in [1.82, 2.24) is 14.9 Å². The van der Waals surface area contributed by atoms with Crippen LogP contribution in [-0.2, 0) is 6.18 Å². The van der Waals surface area contributed by atoms with Gasteiger partial charge in [0.1, 0.15) is 18.0 Å². The van der Waals surface area contributed by atoms with Crippen molar-refractivity contribution in [1.29, 1.82) is 0 Å². The van der Waals surface area contributed by atoms with Crippen molar-refractivity contribution < 1.29 is 13.2 Å². The lowest BCUT2D eigenvalue weighted by Crippen LogP contribution is -2.21. The van der Waals surface area contributed by atoms with Crippen LogP contribution in [0.1, 0.15) is 5.56 Å². The molecule has 1 heterocycles. The van der Waals surface area contributed by atoms with E-state index in [9.17, 15) is 13.2 Å². The molecule has 0 bridgehead atoms. The number of likely N-dealkylation sites (N-methyl/N-ethyl adjacent to an activating group) is 1. The van der Waals surface area contributed by atoms with Crippen LogP contribution in [0.5, 0.6) is 0 Å². The zero-order valence-corrected chi connectivity index (χ0v) is 13.9. The van der Waals surface area contributed by atoms with E-state index in [-0.39, 0.29) is 10.7 Å². The van der Waals surface area contributed by atoms with Gasteiger partial charge in [-0.3, -0.25) is 0 Å². The Morgan fingerprint density at radius 2 is 1.83 bits per heavy atom. The summed E-state index contributed by atoms with van der Waals surface area (Å²) in [5.41, 5.74) is -0.655. The second-order valence-electron chi connectivity index (χ2n) is 5.34. The van der Waals surface area contributed by atoms with E-state index >= 15 is 0 Å². The highest BCUT2D eigenvalue weighted by Gasteiger charge is 2.31. The minimum absolute atomic E-state index is 0.129. The Kier molecular flexibility index (Phi) is 5.84. The van der Waals surface area contributed by atoms with E-state index in [1.807, 2.05) is 19.0 Å². The number of nitrogens with one attached hydrogen (secondary N) is 2. The van der Waals surface area contributed by atoms with E-state index in [0.717, 1.165) is 18.7 Å². The van der Waals surface area contributed by atoms with Gasteiger partial charge in [0.05, 0.1) is 16.3 Å². The maximum absolute atomic E-state index is 12.8. The Labute approximate surface area is 142 Å². The van der Waals surface area contributed by atoms with Crippen LogP contribution in [0.4, 0.5) is 30.5 Å². The zero-order valence-electron chi connectivity index (χ0n) is 13.2. The Morgan fingerprint density at radius 3 is 2.50 bits per heavy atom. The summed E-state index contributed by atoms with van der Waals surface area (Å²) < 4.78 is 38.4. The predicted octanol–water partition coefficient (Wildman–Crippen LogP) is 3.87. The fourth-order valence-corrected chi connectivity index (χ4v) is 2.03. The largest absolute Gasteiger partial charge is 0.416 e. The Hall–Kier alpha value is -2.06. The van der Waals surface area contributed by atoms with Gasteiger partial charge < -0.3 is 15.5 Å². The fourth-order valence-electron chi connectivity index (χ4n) is 1.87. The van der Waals surface area contributed by atoms with Gasteiger partial charge in [-0.05, 0) is 32.3 Å². The molecule has 0 aliphatic rings. The Bertz CT molecular complexity index is 691. The van der Waals surface area contributed by atoms with Crippen LogP contribution in [-0.4, -0.2) is 42.1 Å². The maximum Gasteiger partial charge on any atom is 0.416 e. The van der Waals surface area contributed by atoms with E-state index in [1.54, 1.807) is 6.07 Å². The average molecular weight is 360 g/mol. The topological polar surface area (TPSA) is 53.1 Å². The van der Waals surface area contributed by atoms with Gasteiger partial charge in [0.2, 0.25) is 0 Å². The van der Waals surface area contributed by atoms with Gasteiger partial charge in [-0.1, -0.05) is 11.6 Å². The number of nitrogens with zero attached hydrogens (tertiary/aromatic N) is 3. The molecule has 2 rings (SSSR count). The second kappa shape index (κ2) is 7.67. The van der Waals surface area contributed by atoms with Gasteiger partial charge in [-0.15, -0.1) is 0 Å². The van der Waals surface area contributed by atoms with Crippen molar-refractivity contribution >= 4 is 28.9 Å². The molecular weight excluding hydrogens is 343 g/mol. The molecule has 5 nitrogen and oxygen atoms in total. The Morgan fingerprint density at radius 1 is 1.12 bits per heavy atom. The van der Waals surface area contributed by atoms with Crippen LogP contribution in [0.3, 0.4) is 0 Å². The van der Waals surface area contributed by atoms with Gasteiger partial charge in [-0.2, -0.15) is 13.2 Å². The molecule has 9 heteroatoms. The quantitative estimate of drug-likeness (QED) is 0.820.